The Hall–Kier alpha value is -1.24. The first-order chi connectivity index (χ1) is 8.81. The normalized spacial score (nSPS) is 16.8. The second-order valence-electron chi connectivity index (χ2n) is 4.18. The highest BCUT2D eigenvalue weighted by Gasteiger charge is 2.17. The molecule has 1 aliphatic heterocycles. The molecule has 18 heavy (non-hydrogen) atoms. The van der Waals surface area contributed by atoms with Crippen LogP contribution in [0.2, 0.25) is 0 Å². The van der Waals surface area contributed by atoms with Gasteiger partial charge >= 0.3 is 0 Å². The Morgan fingerprint density at radius 1 is 1.44 bits per heavy atom. The van der Waals surface area contributed by atoms with Gasteiger partial charge in [0.05, 0.1) is 17.1 Å². The Bertz CT molecular complexity index is 535. The van der Waals surface area contributed by atoms with Crippen LogP contribution >= 0.6 is 22.7 Å². The predicted molar refractivity (Wildman–Crippen MR) is 73.7 cm³/mol. The maximum absolute atomic E-state index is 11.3. The van der Waals surface area contributed by atoms with Gasteiger partial charge in [-0.15, -0.1) is 22.7 Å². The standard InChI is InChI=1S/C12H13N3OS2/c16-11-7-15(4-3-13-11)6-9-8-18-12(14-9)10-2-1-5-17-10/h1-2,5,8H,3-4,6-7H2,(H,13,16). The maximum Gasteiger partial charge on any atom is 0.234 e. The molecule has 0 radical (unpaired) electrons. The number of rotatable bonds is 3. The van der Waals surface area contributed by atoms with Crippen molar-refractivity contribution >= 4 is 28.6 Å². The van der Waals surface area contributed by atoms with E-state index < -0.39 is 0 Å². The number of carbonyl (C=O) groups excluding carboxylic acids is 1. The Morgan fingerprint density at radius 3 is 3.17 bits per heavy atom. The van der Waals surface area contributed by atoms with Crippen LogP contribution in [0.15, 0.2) is 22.9 Å². The van der Waals surface area contributed by atoms with E-state index in [1.807, 2.05) is 6.07 Å². The summed E-state index contributed by atoms with van der Waals surface area (Å²) in [6, 6.07) is 4.12. The number of thiazole rings is 1. The highest BCUT2D eigenvalue weighted by atomic mass is 32.1. The Morgan fingerprint density at radius 2 is 2.39 bits per heavy atom. The Balaban J connectivity index is 1.68. The topological polar surface area (TPSA) is 45.2 Å². The highest BCUT2D eigenvalue weighted by molar-refractivity contribution is 7.20. The summed E-state index contributed by atoms with van der Waals surface area (Å²) in [5, 5.41) is 8.05. The van der Waals surface area contributed by atoms with Crippen molar-refractivity contribution in [1.29, 1.82) is 0 Å². The van der Waals surface area contributed by atoms with Crippen molar-refractivity contribution in [2.45, 2.75) is 6.54 Å². The van der Waals surface area contributed by atoms with Gasteiger partial charge < -0.3 is 5.32 Å². The van der Waals surface area contributed by atoms with Crippen molar-refractivity contribution in [1.82, 2.24) is 15.2 Å². The van der Waals surface area contributed by atoms with Gasteiger partial charge in [-0.25, -0.2) is 4.98 Å². The average Bonchev–Trinajstić information content (AvgIpc) is 2.98. The van der Waals surface area contributed by atoms with Crippen molar-refractivity contribution in [3.05, 3.63) is 28.6 Å². The maximum atomic E-state index is 11.3. The molecule has 1 fully saturated rings. The summed E-state index contributed by atoms with van der Waals surface area (Å²) in [7, 11) is 0. The Kier molecular flexibility index (Phi) is 3.40. The lowest BCUT2D eigenvalue weighted by Crippen LogP contribution is -2.47. The van der Waals surface area contributed by atoms with Crippen LogP contribution in [-0.4, -0.2) is 35.4 Å². The van der Waals surface area contributed by atoms with E-state index in [1.165, 1.54) is 4.88 Å². The highest BCUT2D eigenvalue weighted by Crippen LogP contribution is 2.28. The molecule has 3 heterocycles. The smallest absolute Gasteiger partial charge is 0.234 e. The molecule has 2 aromatic rings. The van der Waals surface area contributed by atoms with Crippen molar-refractivity contribution in [3.8, 4) is 9.88 Å². The molecule has 4 nitrogen and oxygen atoms in total. The van der Waals surface area contributed by atoms with Gasteiger partial charge in [-0.2, -0.15) is 0 Å². The summed E-state index contributed by atoms with van der Waals surface area (Å²) in [4.78, 5) is 19.3. The number of piperazine rings is 1. The molecule has 2 aromatic heterocycles. The molecule has 0 aliphatic carbocycles. The van der Waals surface area contributed by atoms with E-state index in [0.29, 0.717) is 6.54 Å². The van der Waals surface area contributed by atoms with E-state index in [2.05, 4.69) is 32.0 Å². The van der Waals surface area contributed by atoms with Gasteiger partial charge in [-0.05, 0) is 11.4 Å². The third-order valence-corrected chi connectivity index (χ3v) is 4.72. The van der Waals surface area contributed by atoms with Crippen LogP contribution in [-0.2, 0) is 11.3 Å². The molecule has 0 saturated carbocycles. The molecule has 0 unspecified atom stereocenters. The zero-order valence-corrected chi connectivity index (χ0v) is 11.4. The number of hydrogen-bond donors (Lipinski definition) is 1. The number of aromatic nitrogens is 1. The van der Waals surface area contributed by atoms with Gasteiger partial charge in [-0.1, -0.05) is 6.07 Å². The van der Waals surface area contributed by atoms with E-state index in [1.54, 1.807) is 22.7 Å². The first-order valence-electron chi connectivity index (χ1n) is 5.78. The number of amides is 1. The molecule has 3 rings (SSSR count). The largest absolute Gasteiger partial charge is 0.354 e. The summed E-state index contributed by atoms with van der Waals surface area (Å²) in [5.74, 6) is 0.106. The monoisotopic (exact) mass is 279 g/mol. The van der Waals surface area contributed by atoms with Crippen molar-refractivity contribution < 1.29 is 4.79 Å². The fourth-order valence-electron chi connectivity index (χ4n) is 1.95. The van der Waals surface area contributed by atoms with Crippen LogP contribution in [0.1, 0.15) is 5.69 Å². The second-order valence-corrected chi connectivity index (χ2v) is 5.99. The van der Waals surface area contributed by atoms with E-state index in [9.17, 15) is 4.79 Å². The van der Waals surface area contributed by atoms with Gasteiger partial charge in [0.15, 0.2) is 0 Å². The lowest BCUT2D eigenvalue weighted by Gasteiger charge is -2.25. The van der Waals surface area contributed by atoms with Crippen molar-refractivity contribution in [2.75, 3.05) is 19.6 Å². The molecule has 0 aromatic carbocycles. The van der Waals surface area contributed by atoms with Gasteiger partial charge in [0.25, 0.3) is 0 Å². The molecule has 1 N–H and O–H groups in total. The minimum absolute atomic E-state index is 0.106. The van der Waals surface area contributed by atoms with Crippen molar-refractivity contribution in [2.24, 2.45) is 0 Å². The average molecular weight is 279 g/mol. The van der Waals surface area contributed by atoms with Crippen LogP contribution in [0.3, 0.4) is 0 Å². The zero-order chi connectivity index (χ0) is 12.4. The molecule has 6 heteroatoms. The number of nitrogens with zero attached hydrogens (tertiary/aromatic N) is 2. The first kappa shape index (κ1) is 11.8. The molecule has 1 aliphatic rings. The van der Waals surface area contributed by atoms with E-state index in [-0.39, 0.29) is 5.91 Å². The third kappa shape index (κ3) is 2.60. The number of carbonyl (C=O) groups is 1. The van der Waals surface area contributed by atoms with Crippen LogP contribution in [0.4, 0.5) is 0 Å². The summed E-state index contributed by atoms with van der Waals surface area (Å²) in [5.41, 5.74) is 1.05. The van der Waals surface area contributed by atoms with E-state index in [4.69, 9.17) is 0 Å². The fourth-order valence-corrected chi connectivity index (χ4v) is 3.57. The fraction of sp³-hybridized carbons (Fsp3) is 0.333. The van der Waals surface area contributed by atoms with Gasteiger partial charge in [0.2, 0.25) is 5.91 Å². The second kappa shape index (κ2) is 5.17. The molecule has 0 atom stereocenters. The van der Waals surface area contributed by atoms with Gasteiger partial charge in [-0.3, -0.25) is 9.69 Å². The predicted octanol–water partition coefficient (Wildman–Crippen LogP) is 1.80. The lowest BCUT2D eigenvalue weighted by molar-refractivity contribution is -0.124. The van der Waals surface area contributed by atoms with E-state index in [0.717, 1.165) is 30.3 Å². The summed E-state index contributed by atoms with van der Waals surface area (Å²) in [6.07, 6.45) is 0. The van der Waals surface area contributed by atoms with Crippen molar-refractivity contribution in [3.63, 3.8) is 0 Å². The molecule has 0 spiro atoms. The zero-order valence-electron chi connectivity index (χ0n) is 9.76. The summed E-state index contributed by atoms with van der Waals surface area (Å²) in [6.45, 7) is 2.87. The van der Waals surface area contributed by atoms with E-state index >= 15 is 0 Å². The lowest BCUT2D eigenvalue weighted by atomic mass is 10.3. The molecule has 0 bridgehead atoms. The van der Waals surface area contributed by atoms with Gasteiger partial charge in [0.1, 0.15) is 5.01 Å². The molecule has 94 valence electrons. The SMILES string of the molecule is O=C1CN(Cc2csc(-c3cccs3)n2)CCN1. The molecular formula is C12H13N3OS2. The number of hydrogen-bond acceptors (Lipinski definition) is 5. The van der Waals surface area contributed by atoms with Crippen LogP contribution in [0.5, 0.6) is 0 Å². The number of nitrogens with one attached hydrogen (secondary N) is 1. The van der Waals surface area contributed by atoms with Crippen LogP contribution < -0.4 is 5.32 Å². The molecule has 1 amide bonds. The number of thiophene rings is 1. The Labute approximate surface area is 113 Å². The molecular weight excluding hydrogens is 266 g/mol. The third-order valence-electron chi connectivity index (χ3n) is 2.79. The summed E-state index contributed by atoms with van der Waals surface area (Å²) < 4.78 is 0. The minimum atomic E-state index is 0.106. The van der Waals surface area contributed by atoms with Crippen LogP contribution in [0, 0.1) is 0 Å². The molecule has 1 saturated heterocycles. The summed E-state index contributed by atoms with van der Waals surface area (Å²) >= 11 is 3.37. The van der Waals surface area contributed by atoms with Crippen LogP contribution in [0.25, 0.3) is 9.88 Å². The first-order valence-corrected chi connectivity index (χ1v) is 7.54. The minimum Gasteiger partial charge on any atom is -0.354 e. The van der Waals surface area contributed by atoms with Gasteiger partial charge in [0, 0.05) is 25.0 Å². The quantitative estimate of drug-likeness (QED) is 0.932.